The molecular formula is C21H25N5O. The molecule has 3 aromatic rings. The summed E-state index contributed by atoms with van der Waals surface area (Å²) in [6.45, 7) is 6.34. The second-order valence-electron chi connectivity index (χ2n) is 7.06. The van der Waals surface area contributed by atoms with E-state index in [1.165, 1.54) is 0 Å². The summed E-state index contributed by atoms with van der Waals surface area (Å²) in [4.78, 5) is 19.5. The van der Waals surface area contributed by atoms with Gasteiger partial charge in [-0.1, -0.05) is 30.3 Å². The molecule has 2 aromatic heterocycles. The van der Waals surface area contributed by atoms with Crippen LogP contribution in [0.5, 0.6) is 0 Å². The number of aryl methyl sites for hydroxylation is 2. The Hall–Kier alpha value is -2.89. The standard InChI is InChI=1S/C21H25N5O/c1-3-25-13-11-19(23-25)21(27)24-12-7-10-18(15-24)26-16(2)14-22-20(26)17-8-5-4-6-9-17/h4-6,8-9,11,13-14,18H,3,7,10,12,15H2,1-2H3. The first-order valence-electron chi connectivity index (χ1n) is 9.59. The van der Waals surface area contributed by atoms with Gasteiger partial charge in [0.1, 0.15) is 11.5 Å². The fraction of sp³-hybridized carbons (Fsp3) is 0.381. The van der Waals surface area contributed by atoms with Crippen LogP contribution >= 0.6 is 0 Å². The summed E-state index contributed by atoms with van der Waals surface area (Å²) in [6.07, 6.45) is 5.81. The molecule has 1 aliphatic rings. The van der Waals surface area contributed by atoms with Gasteiger partial charge < -0.3 is 9.47 Å². The van der Waals surface area contributed by atoms with Crippen LogP contribution in [0.3, 0.4) is 0 Å². The van der Waals surface area contributed by atoms with E-state index in [4.69, 9.17) is 0 Å². The van der Waals surface area contributed by atoms with Gasteiger partial charge in [0.2, 0.25) is 0 Å². The predicted molar refractivity (Wildman–Crippen MR) is 104 cm³/mol. The maximum absolute atomic E-state index is 12.9. The Kier molecular flexibility index (Phi) is 4.79. The minimum Gasteiger partial charge on any atom is -0.335 e. The van der Waals surface area contributed by atoms with Crippen molar-refractivity contribution in [3.05, 3.63) is 60.2 Å². The molecule has 1 aromatic carbocycles. The smallest absolute Gasteiger partial charge is 0.274 e. The molecular weight excluding hydrogens is 338 g/mol. The van der Waals surface area contributed by atoms with Gasteiger partial charge in [-0.25, -0.2) is 4.98 Å². The molecule has 0 N–H and O–H groups in total. The van der Waals surface area contributed by atoms with Crippen molar-refractivity contribution in [1.82, 2.24) is 24.2 Å². The third kappa shape index (κ3) is 3.39. The lowest BCUT2D eigenvalue weighted by Crippen LogP contribution is -2.41. The largest absolute Gasteiger partial charge is 0.335 e. The SMILES string of the molecule is CCn1ccc(C(=O)N2CCCC(n3c(C)cnc3-c3ccccc3)C2)n1. The summed E-state index contributed by atoms with van der Waals surface area (Å²) >= 11 is 0. The highest BCUT2D eigenvalue weighted by atomic mass is 16.2. The minimum absolute atomic E-state index is 0.0194. The topological polar surface area (TPSA) is 56.0 Å². The Morgan fingerprint density at radius 1 is 1.22 bits per heavy atom. The maximum Gasteiger partial charge on any atom is 0.274 e. The summed E-state index contributed by atoms with van der Waals surface area (Å²) in [7, 11) is 0. The number of imidazole rings is 1. The summed E-state index contributed by atoms with van der Waals surface area (Å²) in [5.41, 5.74) is 2.77. The van der Waals surface area contributed by atoms with E-state index < -0.39 is 0 Å². The van der Waals surface area contributed by atoms with E-state index in [0.29, 0.717) is 12.2 Å². The summed E-state index contributed by atoms with van der Waals surface area (Å²) in [5.74, 6) is 0.994. The first kappa shape index (κ1) is 17.5. The van der Waals surface area contributed by atoms with Crippen molar-refractivity contribution < 1.29 is 4.79 Å². The van der Waals surface area contributed by atoms with Crippen LogP contribution < -0.4 is 0 Å². The molecule has 0 spiro atoms. The molecule has 0 radical (unpaired) electrons. The maximum atomic E-state index is 12.9. The third-order valence-electron chi connectivity index (χ3n) is 5.25. The summed E-state index contributed by atoms with van der Waals surface area (Å²) in [6, 6.07) is 12.3. The molecule has 6 nitrogen and oxygen atoms in total. The number of carbonyl (C=O) groups excluding carboxylic acids is 1. The average molecular weight is 363 g/mol. The van der Waals surface area contributed by atoms with Gasteiger partial charge in [0.05, 0.1) is 6.04 Å². The third-order valence-corrected chi connectivity index (χ3v) is 5.25. The van der Waals surface area contributed by atoms with Crippen LogP contribution in [0.4, 0.5) is 0 Å². The van der Waals surface area contributed by atoms with Gasteiger partial charge in [0.15, 0.2) is 0 Å². The number of benzene rings is 1. The predicted octanol–water partition coefficient (Wildman–Crippen LogP) is 3.55. The highest BCUT2D eigenvalue weighted by molar-refractivity contribution is 5.92. The van der Waals surface area contributed by atoms with Crippen molar-refractivity contribution in [1.29, 1.82) is 0 Å². The van der Waals surface area contributed by atoms with Gasteiger partial charge in [-0.3, -0.25) is 9.48 Å². The van der Waals surface area contributed by atoms with Gasteiger partial charge >= 0.3 is 0 Å². The number of amides is 1. The zero-order valence-corrected chi connectivity index (χ0v) is 15.9. The van der Waals surface area contributed by atoms with E-state index in [0.717, 1.165) is 43.0 Å². The molecule has 4 rings (SSSR count). The van der Waals surface area contributed by atoms with Crippen molar-refractivity contribution >= 4 is 5.91 Å². The molecule has 1 aliphatic heterocycles. The number of carbonyl (C=O) groups is 1. The Balaban J connectivity index is 1.59. The number of piperidine rings is 1. The lowest BCUT2D eigenvalue weighted by molar-refractivity contribution is 0.0672. The molecule has 6 heteroatoms. The first-order valence-corrected chi connectivity index (χ1v) is 9.59. The highest BCUT2D eigenvalue weighted by Gasteiger charge is 2.28. The fourth-order valence-electron chi connectivity index (χ4n) is 3.87. The zero-order valence-electron chi connectivity index (χ0n) is 15.9. The summed E-state index contributed by atoms with van der Waals surface area (Å²) in [5, 5.41) is 4.38. The number of likely N-dealkylation sites (tertiary alicyclic amines) is 1. The van der Waals surface area contributed by atoms with Crippen LogP contribution in [-0.4, -0.2) is 43.2 Å². The van der Waals surface area contributed by atoms with Crippen molar-refractivity contribution in [2.75, 3.05) is 13.1 Å². The van der Waals surface area contributed by atoms with Gasteiger partial charge in [0.25, 0.3) is 5.91 Å². The quantitative estimate of drug-likeness (QED) is 0.712. The molecule has 0 bridgehead atoms. The Labute approximate surface area is 159 Å². The second-order valence-corrected chi connectivity index (χ2v) is 7.06. The van der Waals surface area contributed by atoms with Gasteiger partial charge in [-0.2, -0.15) is 5.10 Å². The lowest BCUT2D eigenvalue weighted by atomic mass is 10.0. The number of hydrogen-bond donors (Lipinski definition) is 0. The van der Waals surface area contributed by atoms with Crippen molar-refractivity contribution in [3.8, 4) is 11.4 Å². The molecule has 27 heavy (non-hydrogen) atoms. The van der Waals surface area contributed by atoms with Crippen LogP contribution in [-0.2, 0) is 6.54 Å². The Morgan fingerprint density at radius 2 is 2.04 bits per heavy atom. The van der Waals surface area contributed by atoms with Gasteiger partial charge in [0, 0.05) is 43.3 Å². The fourth-order valence-corrected chi connectivity index (χ4v) is 3.87. The highest BCUT2D eigenvalue weighted by Crippen LogP contribution is 2.29. The van der Waals surface area contributed by atoms with Gasteiger partial charge in [-0.15, -0.1) is 0 Å². The van der Waals surface area contributed by atoms with Gasteiger partial charge in [-0.05, 0) is 32.8 Å². The van der Waals surface area contributed by atoms with Crippen molar-refractivity contribution in [2.24, 2.45) is 0 Å². The normalized spacial score (nSPS) is 17.3. The molecule has 0 saturated carbocycles. The van der Waals surface area contributed by atoms with Crippen molar-refractivity contribution in [2.45, 2.75) is 39.3 Å². The first-order chi connectivity index (χ1) is 13.2. The van der Waals surface area contributed by atoms with E-state index in [1.54, 1.807) is 4.68 Å². The minimum atomic E-state index is 0.0194. The molecule has 1 amide bonds. The Bertz CT molecular complexity index is 927. The van der Waals surface area contributed by atoms with Crippen LogP contribution in [0, 0.1) is 6.92 Å². The Morgan fingerprint density at radius 3 is 2.78 bits per heavy atom. The van der Waals surface area contributed by atoms with E-state index in [-0.39, 0.29) is 11.9 Å². The average Bonchev–Trinajstić information content (AvgIpc) is 3.35. The van der Waals surface area contributed by atoms with Crippen LogP contribution in [0.1, 0.15) is 42.0 Å². The molecule has 1 atom stereocenters. The van der Waals surface area contributed by atoms with Crippen LogP contribution in [0.15, 0.2) is 48.8 Å². The van der Waals surface area contributed by atoms with E-state index in [1.807, 2.05) is 48.5 Å². The molecule has 0 aliphatic carbocycles. The molecule has 1 fully saturated rings. The van der Waals surface area contributed by atoms with Crippen LogP contribution in [0.2, 0.25) is 0 Å². The zero-order chi connectivity index (χ0) is 18.8. The monoisotopic (exact) mass is 363 g/mol. The number of nitrogens with zero attached hydrogens (tertiary/aromatic N) is 5. The second kappa shape index (κ2) is 7.39. The number of rotatable bonds is 4. The molecule has 1 saturated heterocycles. The molecule has 1 unspecified atom stereocenters. The van der Waals surface area contributed by atoms with E-state index in [2.05, 4.69) is 33.7 Å². The number of aromatic nitrogens is 4. The van der Waals surface area contributed by atoms with E-state index >= 15 is 0 Å². The molecule has 3 heterocycles. The molecule has 140 valence electrons. The number of hydrogen-bond acceptors (Lipinski definition) is 3. The summed E-state index contributed by atoms with van der Waals surface area (Å²) < 4.78 is 4.08. The van der Waals surface area contributed by atoms with Crippen LogP contribution in [0.25, 0.3) is 11.4 Å². The lowest BCUT2D eigenvalue weighted by Gasteiger charge is -2.34. The van der Waals surface area contributed by atoms with Crippen molar-refractivity contribution in [3.63, 3.8) is 0 Å². The van der Waals surface area contributed by atoms with E-state index in [9.17, 15) is 4.79 Å².